The van der Waals surface area contributed by atoms with Crippen LogP contribution in [0, 0.1) is 0 Å². The number of hydrogen-bond acceptors (Lipinski definition) is 3. The van der Waals surface area contributed by atoms with Crippen molar-refractivity contribution >= 4 is 57.4 Å². The van der Waals surface area contributed by atoms with Crippen LogP contribution in [-0.2, 0) is 16.1 Å². The quantitative estimate of drug-likeness (QED) is 0.403. The Bertz CT molecular complexity index is 1340. The number of anilines is 1. The van der Waals surface area contributed by atoms with Crippen molar-refractivity contribution in [1.29, 1.82) is 0 Å². The summed E-state index contributed by atoms with van der Waals surface area (Å²) in [5.74, 6) is -0.808. The molecule has 1 aliphatic heterocycles. The van der Waals surface area contributed by atoms with E-state index in [1.807, 2.05) is 30.3 Å². The van der Waals surface area contributed by atoms with Crippen LogP contribution in [0.15, 0.2) is 54.6 Å². The normalized spacial score (nSPS) is 16.2. The molecule has 1 aliphatic carbocycles. The lowest BCUT2D eigenvalue weighted by molar-refractivity contribution is -0.139. The number of carbonyl (C=O) groups excluding carboxylic acids is 3. The second kappa shape index (κ2) is 10.7. The number of amides is 3. The van der Waals surface area contributed by atoms with E-state index in [0.29, 0.717) is 26.9 Å². The van der Waals surface area contributed by atoms with Crippen molar-refractivity contribution in [2.45, 2.75) is 57.7 Å². The molecule has 3 aromatic carbocycles. The first kappa shape index (κ1) is 25.6. The molecule has 192 valence electrons. The number of hydrogen-bond donors (Lipinski definition) is 1. The van der Waals surface area contributed by atoms with Gasteiger partial charge in [0.15, 0.2) is 0 Å². The van der Waals surface area contributed by atoms with E-state index in [0.717, 1.165) is 36.5 Å². The fourth-order valence-corrected chi connectivity index (χ4v) is 5.88. The fourth-order valence-electron chi connectivity index (χ4n) is 5.37. The molecule has 1 atom stereocenters. The summed E-state index contributed by atoms with van der Waals surface area (Å²) < 4.78 is 0. The van der Waals surface area contributed by atoms with E-state index in [9.17, 15) is 14.4 Å². The second-order valence-corrected chi connectivity index (χ2v) is 10.6. The lowest BCUT2D eigenvalue weighted by atomic mass is 9.95. The molecule has 1 heterocycles. The highest BCUT2D eigenvalue weighted by atomic mass is 35.5. The third kappa shape index (κ3) is 5.05. The summed E-state index contributed by atoms with van der Waals surface area (Å²) in [4.78, 5) is 43.4. The van der Waals surface area contributed by atoms with Crippen molar-refractivity contribution in [3.05, 3.63) is 75.8 Å². The van der Waals surface area contributed by atoms with Gasteiger partial charge in [-0.3, -0.25) is 19.3 Å². The summed E-state index contributed by atoms with van der Waals surface area (Å²) in [6, 6.07) is 15.7. The van der Waals surface area contributed by atoms with Gasteiger partial charge in [-0.05, 0) is 49.4 Å². The molecule has 8 heteroatoms. The van der Waals surface area contributed by atoms with Crippen LogP contribution in [0.1, 0.15) is 54.9 Å². The van der Waals surface area contributed by atoms with Crippen LogP contribution >= 0.6 is 23.2 Å². The Morgan fingerprint density at radius 1 is 1.00 bits per heavy atom. The van der Waals surface area contributed by atoms with Crippen molar-refractivity contribution in [1.82, 2.24) is 10.2 Å². The van der Waals surface area contributed by atoms with Gasteiger partial charge in [-0.15, -0.1) is 0 Å². The summed E-state index contributed by atoms with van der Waals surface area (Å²) in [6.45, 7) is 1.56. The minimum Gasteiger partial charge on any atom is -0.352 e. The first-order chi connectivity index (χ1) is 17.8. The lowest BCUT2D eigenvalue weighted by Crippen LogP contribution is -2.52. The Morgan fingerprint density at radius 2 is 1.65 bits per heavy atom. The highest BCUT2D eigenvalue weighted by molar-refractivity contribution is 6.36. The van der Waals surface area contributed by atoms with Gasteiger partial charge in [-0.25, -0.2) is 0 Å². The molecule has 0 unspecified atom stereocenters. The molecule has 0 bridgehead atoms. The Balaban J connectivity index is 1.42. The SMILES string of the molecule is C[C@H](C(=O)NC1CCCCC1)N(Cc1c(Cl)cccc1Cl)C(=O)CN1C(=O)c2cccc3cccc1c23. The number of rotatable bonds is 7. The van der Waals surface area contributed by atoms with Gasteiger partial charge in [0.2, 0.25) is 11.8 Å². The number of halogens is 2. The van der Waals surface area contributed by atoms with Gasteiger partial charge in [0.1, 0.15) is 12.6 Å². The maximum Gasteiger partial charge on any atom is 0.259 e. The molecule has 0 aromatic heterocycles. The van der Waals surface area contributed by atoms with E-state index < -0.39 is 6.04 Å². The molecule has 1 fully saturated rings. The Labute approximate surface area is 226 Å². The van der Waals surface area contributed by atoms with E-state index in [2.05, 4.69) is 5.32 Å². The zero-order chi connectivity index (χ0) is 26.1. The molecule has 2 aliphatic rings. The zero-order valence-electron chi connectivity index (χ0n) is 20.7. The summed E-state index contributed by atoms with van der Waals surface area (Å²) >= 11 is 12.9. The monoisotopic (exact) mass is 537 g/mol. The number of carbonyl (C=O) groups is 3. The first-order valence-electron chi connectivity index (χ1n) is 12.7. The second-order valence-electron chi connectivity index (χ2n) is 9.81. The average molecular weight is 538 g/mol. The van der Waals surface area contributed by atoms with Crippen LogP contribution in [0.25, 0.3) is 10.8 Å². The van der Waals surface area contributed by atoms with E-state index in [-0.39, 0.29) is 36.9 Å². The van der Waals surface area contributed by atoms with Crippen molar-refractivity contribution < 1.29 is 14.4 Å². The number of nitrogens with zero attached hydrogens (tertiary/aromatic N) is 2. The van der Waals surface area contributed by atoms with Crippen molar-refractivity contribution in [2.24, 2.45) is 0 Å². The largest absolute Gasteiger partial charge is 0.352 e. The molecule has 5 rings (SSSR count). The maximum absolute atomic E-state index is 13.8. The fraction of sp³-hybridized carbons (Fsp3) is 0.345. The van der Waals surface area contributed by atoms with Crippen LogP contribution < -0.4 is 10.2 Å². The van der Waals surface area contributed by atoms with Crippen molar-refractivity contribution in [2.75, 3.05) is 11.4 Å². The molecule has 3 amide bonds. The van der Waals surface area contributed by atoms with E-state index in [4.69, 9.17) is 23.2 Å². The summed E-state index contributed by atoms with van der Waals surface area (Å²) in [5, 5.41) is 5.74. The highest BCUT2D eigenvalue weighted by Crippen LogP contribution is 2.37. The van der Waals surface area contributed by atoms with Gasteiger partial charge < -0.3 is 10.2 Å². The minimum absolute atomic E-state index is 0.0514. The molecule has 1 N–H and O–H groups in total. The van der Waals surface area contributed by atoms with Crippen LogP contribution in [0.2, 0.25) is 10.0 Å². The molecule has 3 aromatic rings. The summed E-state index contributed by atoms with van der Waals surface area (Å²) in [5.41, 5.74) is 1.83. The van der Waals surface area contributed by atoms with Crippen LogP contribution in [0.3, 0.4) is 0 Å². The predicted octanol–water partition coefficient (Wildman–Crippen LogP) is 5.97. The van der Waals surface area contributed by atoms with Crippen LogP contribution in [0.5, 0.6) is 0 Å². The van der Waals surface area contributed by atoms with Gasteiger partial charge in [-0.2, -0.15) is 0 Å². The third-order valence-electron chi connectivity index (χ3n) is 7.45. The molecule has 0 saturated heterocycles. The van der Waals surface area contributed by atoms with Gasteiger partial charge >= 0.3 is 0 Å². The Morgan fingerprint density at radius 3 is 2.35 bits per heavy atom. The number of nitrogens with one attached hydrogen (secondary N) is 1. The standard InChI is InChI=1S/C29H29Cl2N3O3/c1-18(28(36)32-20-10-3-2-4-11-20)33(16-22-23(30)13-7-14-24(22)31)26(35)17-34-25-15-6-9-19-8-5-12-21(27(19)25)29(34)37/h5-9,12-15,18,20H,2-4,10-11,16-17H2,1H3,(H,32,36)/t18-/m1/s1. The van der Waals surface area contributed by atoms with E-state index in [1.165, 1.54) is 16.2 Å². The van der Waals surface area contributed by atoms with Gasteiger partial charge in [0.25, 0.3) is 5.91 Å². The lowest BCUT2D eigenvalue weighted by Gasteiger charge is -2.32. The summed E-state index contributed by atoms with van der Waals surface area (Å²) in [6.07, 6.45) is 5.22. The minimum atomic E-state index is -0.780. The average Bonchev–Trinajstić information content (AvgIpc) is 3.16. The van der Waals surface area contributed by atoms with Crippen molar-refractivity contribution in [3.63, 3.8) is 0 Å². The molecule has 1 saturated carbocycles. The van der Waals surface area contributed by atoms with Crippen LogP contribution in [-0.4, -0.2) is 41.2 Å². The maximum atomic E-state index is 13.8. The zero-order valence-corrected chi connectivity index (χ0v) is 22.2. The molecule has 6 nitrogen and oxygen atoms in total. The third-order valence-corrected chi connectivity index (χ3v) is 8.16. The van der Waals surface area contributed by atoms with Crippen LogP contribution in [0.4, 0.5) is 5.69 Å². The Kier molecular flexibility index (Phi) is 7.40. The molecule has 0 radical (unpaired) electrons. The Hall–Kier alpha value is -3.09. The van der Waals surface area contributed by atoms with Gasteiger partial charge in [0.05, 0.1) is 5.69 Å². The topological polar surface area (TPSA) is 69.7 Å². The summed E-state index contributed by atoms with van der Waals surface area (Å²) in [7, 11) is 0. The number of benzene rings is 3. The van der Waals surface area contributed by atoms with Gasteiger partial charge in [-0.1, -0.05) is 72.8 Å². The predicted molar refractivity (Wildman–Crippen MR) is 147 cm³/mol. The van der Waals surface area contributed by atoms with E-state index in [1.54, 1.807) is 31.2 Å². The first-order valence-corrected chi connectivity index (χ1v) is 13.5. The van der Waals surface area contributed by atoms with Gasteiger partial charge in [0, 0.05) is 39.1 Å². The van der Waals surface area contributed by atoms with E-state index >= 15 is 0 Å². The molecular formula is C29H29Cl2N3O3. The van der Waals surface area contributed by atoms with Crippen molar-refractivity contribution in [3.8, 4) is 0 Å². The molecule has 0 spiro atoms. The molecule has 37 heavy (non-hydrogen) atoms. The smallest absolute Gasteiger partial charge is 0.259 e. The molecular weight excluding hydrogens is 509 g/mol. The highest BCUT2D eigenvalue weighted by Gasteiger charge is 2.35.